The van der Waals surface area contributed by atoms with Crippen molar-refractivity contribution in [3.8, 4) is 17.3 Å². The maximum atomic E-state index is 14.1. The van der Waals surface area contributed by atoms with Crippen LogP contribution in [0.1, 0.15) is 36.2 Å². The molecule has 34 heavy (non-hydrogen) atoms. The van der Waals surface area contributed by atoms with Crippen molar-refractivity contribution < 1.29 is 13.9 Å². The Morgan fingerprint density at radius 3 is 2.97 bits per heavy atom. The fraction of sp³-hybridized carbons (Fsp3) is 0.333. The van der Waals surface area contributed by atoms with Gasteiger partial charge >= 0.3 is 6.03 Å². The Morgan fingerprint density at radius 1 is 1.35 bits per heavy atom. The van der Waals surface area contributed by atoms with Crippen LogP contribution in [-0.2, 0) is 16.9 Å². The molecule has 174 valence electrons. The number of amides is 2. The number of rotatable bonds is 3. The molecule has 9 nitrogen and oxygen atoms in total. The minimum absolute atomic E-state index is 0.178. The van der Waals surface area contributed by atoms with Gasteiger partial charge in [0.25, 0.3) is 0 Å². The average molecular weight is 462 g/mol. The van der Waals surface area contributed by atoms with Gasteiger partial charge in [-0.2, -0.15) is 10.4 Å². The zero-order valence-corrected chi connectivity index (χ0v) is 18.7. The number of hydrogen-bond donors (Lipinski definition) is 2. The number of aromatic nitrogens is 3. The van der Waals surface area contributed by atoms with Gasteiger partial charge in [0.05, 0.1) is 42.7 Å². The van der Waals surface area contributed by atoms with Gasteiger partial charge in [0.1, 0.15) is 23.3 Å². The number of carbonyl (C=O) groups is 1. The van der Waals surface area contributed by atoms with Crippen LogP contribution in [0.5, 0.6) is 0 Å². The second-order valence-corrected chi connectivity index (χ2v) is 8.61. The number of fused-ring (bicyclic) bond motifs is 2. The van der Waals surface area contributed by atoms with E-state index in [0.717, 1.165) is 5.69 Å². The van der Waals surface area contributed by atoms with Crippen LogP contribution >= 0.6 is 0 Å². The zero-order chi connectivity index (χ0) is 23.9. The van der Waals surface area contributed by atoms with E-state index in [1.807, 2.05) is 16.8 Å². The predicted octanol–water partition coefficient (Wildman–Crippen LogP) is 2.94. The number of benzene rings is 1. The number of anilines is 1. The Balaban J connectivity index is 1.36. The third-order valence-electron chi connectivity index (χ3n) is 6.49. The summed E-state index contributed by atoms with van der Waals surface area (Å²) in [5.74, 6) is -0.172. The van der Waals surface area contributed by atoms with Crippen molar-refractivity contribution in [2.45, 2.75) is 31.5 Å². The van der Waals surface area contributed by atoms with Gasteiger partial charge in [-0.25, -0.2) is 14.2 Å². The highest BCUT2D eigenvalue weighted by molar-refractivity contribution is 5.75. The lowest BCUT2D eigenvalue weighted by atomic mass is 9.96. The maximum Gasteiger partial charge on any atom is 0.317 e. The predicted molar refractivity (Wildman–Crippen MR) is 122 cm³/mol. The smallest absolute Gasteiger partial charge is 0.317 e. The first kappa shape index (κ1) is 21.9. The SMILES string of the molecule is C[C@@H](NC(=O)N1CCC2(C1)OCCn1nc(-c3cnc(N)c(C#N)c3)cc12)c1ccccc1F. The average Bonchev–Trinajstić information content (AvgIpc) is 3.46. The van der Waals surface area contributed by atoms with Gasteiger partial charge in [-0.3, -0.25) is 4.68 Å². The highest BCUT2D eigenvalue weighted by Gasteiger charge is 2.47. The van der Waals surface area contributed by atoms with Crippen LogP contribution in [0.3, 0.4) is 0 Å². The molecule has 1 fully saturated rings. The quantitative estimate of drug-likeness (QED) is 0.618. The van der Waals surface area contributed by atoms with Crippen molar-refractivity contribution >= 4 is 11.8 Å². The van der Waals surface area contributed by atoms with E-state index >= 15 is 0 Å². The molecular weight excluding hydrogens is 437 g/mol. The Hall–Kier alpha value is -3.97. The number of pyridine rings is 1. The summed E-state index contributed by atoms with van der Waals surface area (Å²) >= 11 is 0. The summed E-state index contributed by atoms with van der Waals surface area (Å²) < 4.78 is 22.2. The normalized spacial score (nSPS) is 20.1. The summed E-state index contributed by atoms with van der Waals surface area (Å²) in [6, 6.07) is 11.3. The van der Waals surface area contributed by atoms with Crippen LogP contribution in [-0.4, -0.2) is 45.4 Å². The molecule has 1 spiro atoms. The highest BCUT2D eigenvalue weighted by Crippen LogP contribution is 2.40. The number of likely N-dealkylation sites (tertiary alicyclic amines) is 1. The third-order valence-corrected chi connectivity index (χ3v) is 6.49. The van der Waals surface area contributed by atoms with Gasteiger partial charge in [-0.1, -0.05) is 18.2 Å². The first-order valence-corrected chi connectivity index (χ1v) is 11.1. The molecule has 10 heteroatoms. The third kappa shape index (κ3) is 3.74. The summed E-state index contributed by atoms with van der Waals surface area (Å²) in [5.41, 5.74) is 8.04. The molecule has 2 atom stereocenters. The summed E-state index contributed by atoms with van der Waals surface area (Å²) in [7, 11) is 0. The Bertz CT molecular complexity index is 1300. The van der Waals surface area contributed by atoms with Crippen LogP contribution in [0.25, 0.3) is 11.3 Å². The molecule has 1 unspecified atom stereocenters. The summed E-state index contributed by atoms with van der Waals surface area (Å²) in [6.07, 6.45) is 2.21. The van der Waals surface area contributed by atoms with Gasteiger partial charge in [0.2, 0.25) is 0 Å². The first-order chi connectivity index (χ1) is 16.4. The lowest BCUT2D eigenvalue weighted by molar-refractivity contribution is -0.0701. The molecule has 5 rings (SSSR count). The van der Waals surface area contributed by atoms with E-state index in [1.54, 1.807) is 42.3 Å². The number of nitrogens with one attached hydrogen (secondary N) is 1. The number of nitrogens with two attached hydrogens (primary N) is 1. The number of nitrogen functional groups attached to an aromatic ring is 1. The second kappa shape index (κ2) is 8.43. The van der Waals surface area contributed by atoms with Gasteiger partial charge in [0.15, 0.2) is 0 Å². The summed E-state index contributed by atoms with van der Waals surface area (Å²) in [6.45, 7) is 3.67. The van der Waals surface area contributed by atoms with E-state index in [0.29, 0.717) is 55.0 Å². The van der Waals surface area contributed by atoms with Crippen LogP contribution in [0, 0.1) is 17.1 Å². The molecular formula is C24H24FN7O2. The van der Waals surface area contributed by atoms with E-state index < -0.39 is 11.6 Å². The largest absolute Gasteiger partial charge is 0.383 e. The fourth-order valence-corrected chi connectivity index (χ4v) is 4.66. The first-order valence-electron chi connectivity index (χ1n) is 11.1. The van der Waals surface area contributed by atoms with Crippen molar-refractivity contribution in [3.05, 3.63) is 65.2 Å². The highest BCUT2D eigenvalue weighted by atomic mass is 19.1. The van der Waals surface area contributed by atoms with Crippen LogP contribution in [0.2, 0.25) is 0 Å². The lowest BCUT2D eigenvalue weighted by Crippen LogP contribution is -2.44. The molecule has 2 aromatic heterocycles. The molecule has 2 amide bonds. The zero-order valence-electron chi connectivity index (χ0n) is 18.7. The molecule has 0 saturated carbocycles. The van der Waals surface area contributed by atoms with Crippen LogP contribution < -0.4 is 11.1 Å². The Kier molecular flexibility index (Phi) is 5.42. The molecule has 0 radical (unpaired) electrons. The molecule has 0 aliphatic carbocycles. The Labute approximate surface area is 195 Å². The summed E-state index contributed by atoms with van der Waals surface area (Å²) in [4.78, 5) is 18.8. The molecule has 1 saturated heterocycles. The van der Waals surface area contributed by atoms with Gasteiger partial charge in [-0.05, 0) is 25.1 Å². The van der Waals surface area contributed by atoms with Gasteiger partial charge < -0.3 is 20.7 Å². The van der Waals surface area contributed by atoms with E-state index in [4.69, 9.17) is 15.6 Å². The van der Waals surface area contributed by atoms with E-state index in [1.165, 1.54) is 6.07 Å². The van der Waals surface area contributed by atoms with Crippen molar-refractivity contribution in [2.75, 3.05) is 25.4 Å². The number of urea groups is 1. The van der Waals surface area contributed by atoms with Gasteiger partial charge in [-0.15, -0.1) is 0 Å². The molecule has 0 bridgehead atoms. The number of carbonyl (C=O) groups excluding carboxylic acids is 1. The molecule has 2 aliphatic rings. The van der Waals surface area contributed by atoms with Crippen molar-refractivity contribution in [3.63, 3.8) is 0 Å². The number of ether oxygens (including phenoxy) is 1. The van der Waals surface area contributed by atoms with Crippen molar-refractivity contribution in [1.29, 1.82) is 5.26 Å². The molecule has 3 N–H and O–H groups in total. The molecule has 4 heterocycles. The van der Waals surface area contributed by atoms with E-state index in [9.17, 15) is 14.4 Å². The monoisotopic (exact) mass is 461 g/mol. The number of nitrogens with zero attached hydrogens (tertiary/aromatic N) is 5. The van der Waals surface area contributed by atoms with Crippen LogP contribution in [0.4, 0.5) is 15.0 Å². The van der Waals surface area contributed by atoms with Crippen molar-refractivity contribution in [2.24, 2.45) is 0 Å². The van der Waals surface area contributed by atoms with Crippen molar-refractivity contribution in [1.82, 2.24) is 25.0 Å². The standard InChI is InChI=1S/C24H24FN7O2/c1-15(18-4-2-3-5-19(18)25)29-23(33)31-7-6-24(14-31)21-11-20(30-32(21)8-9-34-24)17-10-16(12-26)22(27)28-13-17/h2-5,10-11,13,15H,6-9,14H2,1H3,(H2,27,28)(H,29,33)/t15-,24?/m1/s1. The van der Waals surface area contributed by atoms with E-state index in [2.05, 4.69) is 10.3 Å². The number of nitriles is 1. The van der Waals surface area contributed by atoms with Crippen LogP contribution in [0.15, 0.2) is 42.6 Å². The minimum Gasteiger partial charge on any atom is -0.383 e. The molecule has 3 aromatic rings. The van der Waals surface area contributed by atoms with Gasteiger partial charge in [0, 0.05) is 30.3 Å². The topological polar surface area (TPSA) is 122 Å². The Morgan fingerprint density at radius 2 is 2.18 bits per heavy atom. The summed E-state index contributed by atoms with van der Waals surface area (Å²) in [5, 5.41) is 16.9. The maximum absolute atomic E-state index is 14.1. The fourth-order valence-electron chi connectivity index (χ4n) is 4.66. The van der Waals surface area contributed by atoms with E-state index in [-0.39, 0.29) is 17.7 Å². The minimum atomic E-state index is -0.679. The lowest BCUT2D eigenvalue weighted by Gasteiger charge is -2.34. The second-order valence-electron chi connectivity index (χ2n) is 8.61. The number of hydrogen-bond acceptors (Lipinski definition) is 6. The number of halogens is 1. The molecule has 2 aliphatic heterocycles. The molecule has 1 aromatic carbocycles.